The zero-order valence-corrected chi connectivity index (χ0v) is 14.7. The highest BCUT2D eigenvalue weighted by atomic mass is 16.5. The van der Waals surface area contributed by atoms with E-state index in [4.69, 9.17) is 9.26 Å². The normalized spacial score (nSPS) is 15.4. The lowest BCUT2D eigenvalue weighted by atomic mass is 10.0. The van der Waals surface area contributed by atoms with Gasteiger partial charge >= 0.3 is 0 Å². The molecule has 0 spiro atoms. The number of carbonyl (C=O) groups is 2. The molecule has 0 bridgehead atoms. The summed E-state index contributed by atoms with van der Waals surface area (Å²) < 4.78 is 11.2. The van der Waals surface area contributed by atoms with Gasteiger partial charge in [-0.05, 0) is 31.9 Å². The van der Waals surface area contributed by atoms with Gasteiger partial charge in [0.05, 0.1) is 11.1 Å². The molecule has 26 heavy (non-hydrogen) atoms. The smallest absolute Gasteiger partial charge is 0.273 e. The summed E-state index contributed by atoms with van der Waals surface area (Å²) in [6.45, 7) is 4.23. The number of benzene rings is 1. The molecule has 1 aromatic carbocycles. The minimum atomic E-state index is -0.276. The fourth-order valence-electron chi connectivity index (χ4n) is 3.43. The van der Waals surface area contributed by atoms with Crippen molar-refractivity contribution in [1.82, 2.24) is 15.4 Å². The van der Waals surface area contributed by atoms with Crippen molar-refractivity contribution in [3.05, 3.63) is 35.0 Å². The summed E-state index contributed by atoms with van der Waals surface area (Å²) >= 11 is 0. The highest BCUT2D eigenvalue weighted by Crippen LogP contribution is 2.39. The molecule has 7 nitrogen and oxygen atoms in total. The molecular weight excluding hydrogens is 334 g/mol. The number of hydrogen-bond acceptors (Lipinski definition) is 5. The first-order valence-electron chi connectivity index (χ1n) is 8.92. The Bertz CT molecular complexity index is 858. The van der Waals surface area contributed by atoms with Crippen LogP contribution in [0.3, 0.4) is 0 Å². The molecule has 7 heteroatoms. The molecule has 1 fully saturated rings. The van der Waals surface area contributed by atoms with E-state index in [0.717, 1.165) is 36.3 Å². The Hall–Kier alpha value is -2.83. The van der Waals surface area contributed by atoms with Crippen LogP contribution in [0.4, 0.5) is 0 Å². The number of amides is 2. The molecule has 1 aromatic heterocycles. The number of aromatic nitrogens is 1. The summed E-state index contributed by atoms with van der Waals surface area (Å²) in [5.74, 6) is 1.26. The van der Waals surface area contributed by atoms with E-state index in [9.17, 15) is 9.59 Å². The van der Waals surface area contributed by atoms with E-state index in [1.165, 1.54) is 0 Å². The lowest BCUT2D eigenvalue weighted by molar-refractivity contribution is -0.127. The van der Waals surface area contributed by atoms with Crippen LogP contribution in [0.1, 0.15) is 40.9 Å². The molecule has 2 aliphatic heterocycles. The minimum Gasteiger partial charge on any atom is -0.488 e. The molecule has 0 radical (unpaired) electrons. The topological polar surface area (TPSA) is 84.7 Å². The van der Waals surface area contributed by atoms with E-state index >= 15 is 0 Å². The fraction of sp³-hybridized carbons (Fsp3) is 0.421. The lowest BCUT2D eigenvalue weighted by Gasteiger charge is -2.17. The monoisotopic (exact) mass is 355 g/mol. The summed E-state index contributed by atoms with van der Waals surface area (Å²) in [4.78, 5) is 25.9. The van der Waals surface area contributed by atoms with Gasteiger partial charge in [0, 0.05) is 26.1 Å². The van der Waals surface area contributed by atoms with Crippen molar-refractivity contribution in [3.63, 3.8) is 0 Å². The number of aryl methyl sites for hydroxylation is 1. The van der Waals surface area contributed by atoms with E-state index in [-0.39, 0.29) is 24.1 Å². The molecule has 2 amide bonds. The van der Waals surface area contributed by atoms with Crippen LogP contribution >= 0.6 is 0 Å². The van der Waals surface area contributed by atoms with Crippen molar-refractivity contribution in [3.8, 4) is 17.1 Å². The summed E-state index contributed by atoms with van der Waals surface area (Å²) in [5, 5.41) is 6.82. The third-order valence-electron chi connectivity index (χ3n) is 4.82. The molecule has 1 saturated heterocycles. The predicted molar refractivity (Wildman–Crippen MR) is 93.8 cm³/mol. The van der Waals surface area contributed by atoms with Crippen molar-refractivity contribution in [2.45, 2.75) is 32.8 Å². The number of ether oxygens (including phenoxy) is 1. The lowest BCUT2D eigenvalue weighted by Crippen LogP contribution is -2.31. The van der Waals surface area contributed by atoms with Crippen LogP contribution in [0.2, 0.25) is 0 Å². The van der Waals surface area contributed by atoms with Crippen LogP contribution in [-0.4, -0.2) is 41.5 Å². The first-order valence-corrected chi connectivity index (χ1v) is 8.92. The maximum absolute atomic E-state index is 12.4. The third-order valence-corrected chi connectivity index (χ3v) is 4.82. The van der Waals surface area contributed by atoms with Gasteiger partial charge in [-0.25, -0.2) is 0 Å². The molecular formula is C19H21N3O4. The average Bonchev–Trinajstić information content (AvgIpc) is 3.25. The Labute approximate surface area is 151 Å². The third kappa shape index (κ3) is 3.05. The SMILES string of the molecule is Cc1ccc2c(c1)-c1onc(C(=O)NCCCN3CCCC3=O)c1CO2. The molecule has 0 saturated carbocycles. The fourth-order valence-corrected chi connectivity index (χ4v) is 3.43. The summed E-state index contributed by atoms with van der Waals surface area (Å²) in [6, 6.07) is 5.84. The van der Waals surface area contributed by atoms with Gasteiger partial charge in [0.25, 0.3) is 5.91 Å². The van der Waals surface area contributed by atoms with Gasteiger partial charge in [-0.2, -0.15) is 0 Å². The molecule has 3 heterocycles. The average molecular weight is 355 g/mol. The van der Waals surface area contributed by atoms with Crippen LogP contribution in [-0.2, 0) is 11.4 Å². The number of likely N-dealkylation sites (tertiary alicyclic amines) is 1. The van der Waals surface area contributed by atoms with Gasteiger partial charge in [-0.3, -0.25) is 9.59 Å². The van der Waals surface area contributed by atoms with Crippen molar-refractivity contribution < 1.29 is 18.8 Å². The van der Waals surface area contributed by atoms with Crippen molar-refractivity contribution in [2.75, 3.05) is 19.6 Å². The van der Waals surface area contributed by atoms with E-state index in [1.54, 1.807) is 0 Å². The Balaban J connectivity index is 1.40. The van der Waals surface area contributed by atoms with Crippen molar-refractivity contribution in [1.29, 1.82) is 0 Å². The Kier molecular flexibility index (Phi) is 4.36. The standard InChI is InChI=1S/C19H21N3O4/c1-12-5-6-15-13(10-12)18-14(11-25-15)17(21-26-18)19(24)20-7-3-9-22-8-2-4-16(22)23/h5-6,10H,2-4,7-9,11H2,1H3,(H,20,24). The first-order chi connectivity index (χ1) is 12.6. The molecule has 1 N–H and O–H groups in total. The Morgan fingerprint density at radius 1 is 1.38 bits per heavy atom. The van der Waals surface area contributed by atoms with Gasteiger partial charge in [0.1, 0.15) is 12.4 Å². The predicted octanol–water partition coefficient (Wildman–Crippen LogP) is 2.28. The molecule has 2 aliphatic rings. The molecule has 2 aromatic rings. The zero-order chi connectivity index (χ0) is 18.1. The first kappa shape index (κ1) is 16.6. The maximum atomic E-state index is 12.4. The second-order valence-electron chi connectivity index (χ2n) is 6.72. The van der Waals surface area contributed by atoms with Gasteiger partial charge < -0.3 is 19.5 Å². The minimum absolute atomic E-state index is 0.202. The van der Waals surface area contributed by atoms with Crippen LogP contribution in [0, 0.1) is 6.92 Å². The number of carbonyl (C=O) groups excluding carboxylic acids is 2. The second-order valence-corrected chi connectivity index (χ2v) is 6.72. The number of fused-ring (bicyclic) bond motifs is 3. The largest absolute Gasteiger partial charge is 0.488 e. The van der Waals surface area contributed by atoms with E-state index < -0.39 is 0 Å². The summed E-state index contributed by atoms with van der Waals surface area (Å²) in [5.41, 5.74) is 2.85. The highest BCUT2D eigenvalue weighted by Gasteiger charge is 2.28. The van der Waals surface area contributed by atoms with Gasteiger partial charge in [-0.15, -0.1) is 0 Å². The van der Waals surface area contributed by atoms with E-state index in [0.29, 0.717) is 30.8 Å². The zero-order valence-electron chi connectivity index (χ0n) is 14.7. The quantitative estimate of drug-likeness (QED) is 0.832. The molecule has 0 unspecified atom stereocenters. The molecule has 0 atom stereocenters. The Morgan fingerprint density at radius 2 is 2.27 bits per heavy atom. The number of nitrogens with one attached hydrogen (secondary N) is 1. The van der Waals surface area contributed by atoms with Crippen molar-refractivity contribution in [2.24, 2.45) is 0 Å². The maximum Gasteiger partial charge on any atom is 0.273 e. The van der Waals surface area contributed by atoms with Gasteiger partial charge in [0.2, 0.25) is 5.91 Å². The number of rotatable bonds is 5. The van der Waals surface area contributed by atoms with E-state index in [1.807, 2.05) is 30.0 Å². The summed E-state index contributed by atoms with van der Waals surface area (Å²) in [6.07, 6.45) is 2.28. The Morgan fingerprint density at radius 3 is 3.08 bits per heavy atom. The van der Waals surface area contributed by atoms with Gasteiger partial charge in [-0.1, -0.05) is 16.8 Å². The number of nitrogens with zero attached hydrogens (tertiary/aromatic N) is 2. The van der Waals surface area contributed by atoms with Crippen LogP contribution in [0.5, 0.6) is 5.75 Å². The van der Waals surface area contributed by atoms with Gasteiger partial charge in [0.15, 0.2) is 11.5 Å². The second kappa shape index (κ2) is 6.82. The van der Waals surface area contributed by atoms with Crippen LogP contribution < -0.4 is 10.1 Å². The molecule has 136 valence electrons. The van der Waals surface area contributed by atoms with Crippen molar-refractivity contribution >= 4 is 11.8 Å². The van der Waals surface area contributed by atoms with Crippen LogP contribution in [0.15, 0.2) is 22.7 Å². The highest BCUT2D eigenvalue weighted by molar-refractivity contribution is 5.95. The van der Waals surface area contributed by atoms with E-state index in [2.05, 4.69) is 10.5 Å². The molecule has 4 rings (SSSR count). The molecule has 0 aliphatic carbocycles. The summed E-state index contributed by atoms with van der Waals surface area (Å²) in [7, 11) is 0. The van der Waals surface area contributed by atoms with Crippen LogP contribution in [0.25, 0.3) is 11.3 Å². The number of hydrogen-bond donors (Lipinski definition) is 1.